The summed E-state index contributed by atoms with van der Waals surface area (Å²) >= 11 is 1.34. The number of nitrogens with zero attached hydrogens (tertiary/aromatic N) is 1. The van der Waals surface area contributed by atoms with Crippen LogP contribution >= 0.6 is 11.3 Å². The van der Waals surface area contributed by atoms with Crippen LogP contribution in [0.1, 0.15) is 12.6 Å². The molecule has 0 aliphatic rings. The number of hydrogen-bond acceptors (Lipinski definition) is 4. The number of amides is 1. The highest BCUT2D eigenvalue weighted by Gasteiger charge is 2.10. The van der Waals surface area contributed by atoms with Crippen molar-refractivity contribution in [1.82, 2.24) is 4.98 Å². The third kappa shape index (κ3) is 2.02. The van der Waals surface area contributed by atoms with Crippen molar-refractivity contribution in [1.29, 1.82) is 0 Å². The van der Waals surface area contributed by atoms with Gasteiger partial charge in [-0.25, -0.2) is 4.98 Å². The minimum Gasteiger partial charge on any atom is -0.384 e. The lowest BCUT2D eigenvalue weighted by Gasteiger charge is -2.04. The Kier molecular flexibility index (Phi) is 2.78. The van der Waals surface area contributed by atoms with Crippen LogP contribution in [0.25, 0.3) is 0 Å². The summed E-state index contributed by atoms with van der Waals surface area (Å²) in [5.41, 5.74) is 2.42. The third-order valence-electron chi connectivity index (χ3n) is 1.36. The molecule has 1 rings (SSSR count). The summed E-state index contributed by atoms with van der Waals surface area (Å²) in [4.78, 5) is 14.9. The van der Waals surface area contributed by atoms with Crippen molar-refractivity contribution < 1.29 is 9.90 Å². The largest absolute Gasteiger partial charge is 0.384 e. The molecule has 1 amide bonds. The van der Waals surface area contributed by atoms with Crippen LogP contribution in [0.4, 0.5) is 5.00 Å². The van der Waals surface area contributed by atoms with Gasteiger partial charge in [-0.3, -0.25) is 4.79 Å². The fourth-order valence-corrected chi connectivity index (χ4v) is 1.34. The van der Waals surface area contributed by atoms with E-state index in [0.717, 1.165) is 5.69 Å². The number of aliphatic hydroxyl groups excluding tert-OH is 1. The SMILES string of the molecule is Cc1ncsc1NC(=O)[C@@H](C)O. The maximum atomic E-state index is 11.0. The average Bonchev–Trinajstić information content (AvgIpc) is 2.36. The molecule has 0 aliphatic carbocycles. The number of aryl methyl sites for hydroxylation is 1. The molecule has 0 aromatic carbocycles. The zero-order valence-corrected chi connectivity index (χ0v) is 7.68. The number of aliphatic hydroxyl groups is 1. The summed E-state index contributed by atoms with van der Waals surface area (Å²) in [6.45, 7) is 3.22. The average molecular weight is 186 g/mol. The molecule has 0 unspecified atom stereocenters. The Hall–Kier alpha value is -0.940. The summed E-state index contributed by atoms with van der Waals surface area (Å²) in [5.74, 6) is -0.401. The lowest BCUT2D eigenvalue weighted by atomic mass is 10.4. The molecular formula is C7H10N2O2S. The lowest BCUT2D eigenvalue weighted by Crippen LogP contribution is -2.24. The number of rotatable bonds is 2. The zero-order valence-electron chi connectivity index (χ0n) is 6.87. The molecule has 1 aromatic heterocycles. The minimum atomic E-state index is -0.980. The van der Waals surface area contributed by atoms with E-state index in [-0.39, 0.29) is 0 Å². The summed E-state index contributed by atoms with van der Waals surface area (Å²) in [7, 11) is 0. The minimum absolute atomic E-state index is 0.401. The molecule has 1 atom stereocenters. The molecule has 2 N–H and O–H groups in total. The van der Waals surface area contributed by atoms with Gasteiger partial charge in [0.1, 0.15) is 11.1 Å². The molecule has 0 aliphatic heterocycles. The van der Waals surface area contributed by atoms with E-state index in [1.54, 1.807) is 12.4 Å². The van der Waals surface area contributed by atoms with E-state index in [0.29, 0.717) is 5.00 Å². The van der Waals surface area contributed by atoms with Crippen molar-refractivity contribution in [3.8, 4) is 0 Å². The van der Waals surface area contributed by atoms with Gasteiger partial charge in [0.2, 0.25) is 0 Å². The Morgan fingerprint density at radius 3 is 2.92 bits per heavy atom. The third-order valence-corrected chi connectivity index (χ3v) is 2.21. The quantitative estimate of drug-likeness (QED) is 0.717. The summed E-state index contributed by atoms with van der Waals surface area (Å²) in [6.07, 6.45) is -0.980. The highest BCUT2D eigenvalue weighted by Crippen LogP contribution is 2.18. The van der Waals surface area contributed by atoms with Gasteiger partial charge in [0.15, 0.2) is 0 Å². The van der Waals surface area contributed by atoms with Gasteiger partial charge in [0, 0.05) is 0 Å². The van der Waals surface area contributed by atoms with Gasteiger partial charge in [0.05, 0.1) is 11.2 Å². The number of nitrogens with one attached hydrogen (secondary N) is 1. The van der Waals surface area contributed by atoms with Gasteiger partial charge in [0.25, 0.3) is 5.91 Å². The molecule has 1 heterocycles. The van der Waals surface area contributed by atoms with E-state index in [1.807, 2.05) is 0 Å². The second-order valence-corrected chi connectivity index (χ2v) is 3.29. The van der Waals surface area contributed by atoms with E-state index in [4.69, 9.17) is 5.11 Å². The Labute approximate surface area is 74.3 Å². The molecule has 0 saturated heterocycles. The van der Waals surface area contributed by atoms with Gasteiger partial charge in [-0.2, -0.15) is 0 Å². The Morgan fingerprint density at radius 2 is 2.50 bits per heavy atom. The molecule has 5 heteroatoms. The van der Waals surface area contributed by atoms with Gasteiger partial charge < -0.3 is 10.4 Å². The van der Waals surface area contributed by atoms with Crippen molar-refractivity contribution in [3.63, 3.8) is 0 Å². The first-order valence-corrected chi connectivity index (χ1v) is 4.38. The van der Waals surface area contributed by atoms with Crippen LogP contribution < -0.4 is 5.32 Å². The van der Waals surface area contributed by atoms with E-state index in [1.165, 1.54) is 18.3 Å². The first kappa shape index (κ1) is 9.15. The predicted octanol–water partition coefficient (Wildman–Crippen LogP) is 0.771. The van der Waals surface area contributed by atoms with Crippen LogP contribution in [0.2, 0.25) is 0 Å². The number of thiazole rings is 1. The van der Waals surface area contributed by atoms with Gasteiger partial charge >= 0.3 is 0 Å². The monoisotopic (exact) mass is 186 g/mol. The molecule has 0 fully saturated rings. The molecule has 0 bridgehead atoms. The molecular weight excluding hydrogens is 176 g/mol. The molecule has 4 nitrogen and oxygen atoms in total. The van der Waals surface area contributed by atoms with Crippen LogP contribution in [0, 0.1) is 6.92 Å². The molecule has 1 aromatic rings. The smallest absolute Gasteiger partial charge is 0.253 e. The van der Waals surface area contributed by atoms with E-state index in [9.17, 15) is 4.79 Å². The first-order chi connectivity index (χ1) is 5.61. The van der Waals surface area contributed by atoms with Gasteiger partial charge in [-0.15, -0.1) is 11.3 Å². The zero-order chi connectivity index (χ0) is 9.14. The first-order valence-electron chi connectivity index (χ1n) is 3.50. The van der Waals surface area contributed by atoms with Gasteiger partial charge in [-0.1, -0.05) is 0 Å². The molecule has 66 valence electrons. The highest BCUT2D eigenvalue weighted by molar-refractivity contribution is 7.14. The van der Waals surface area contributed by atoms with Crippen molar-refractivity contribution >= 4 is 22.2 Å². The van der Waals surface area contributed by atoms with E-state index < -0.39 is 12.0 Å². The van der Waals surface area contributed by atoms with Crippen LogP contribution in [-0.4, -0.2) is 22.1 Å². The van der Waals surface area contributed by atoms with Gasteiger partial charge in [-0.05, 0) is 13.8 Å². The standard InChI is InChI=1S/C7H10N2O2S/c1-4-7(12-3-8-4)9-6(11)5(2)10/h3,5,10H,1-2H3,(H,9,11)/t5-/m1/s1. The molecule has 0 spiro atoms. The summed E-state index contributed by atoms with van der Waals surface area (Å²) in [6, 6.07) is 0. The van der Waals surface area contributed by atoms with Crippen molar-refractivity contribution in [3.05, 3.63) is 11.2 Å². The van der Waals surface area contributed by atoms with Crippen molar-refractivity contribution in [2.45, 2.75) is 20.0 Å². The number of hydrogen-bond donors (Lipinski definition) is 2. The van der Waals surface area contributed by atoms with E-state index in [2.05, 4.69) is 10.3 Å². The normalized spacial score (nSPS) is 12.6. The van der Waals surface area contributed by atoms with Crippen LogP contribution in [0.15, 0.2) is 5.51 Å². The molecule has 0 saturated carbocycles. The van der Waals surface area contributed by atoms with Crippen LogP contribution in [0.3, 0.4) is 0 Å². The topological polar surface area (TPSA) is 62.2 Å². The second kappa shape index (κ2) is 3.64. The number of carbonyl (C=O) groups excluding carboxylic acids is 1. The number of carbonyl (C=O) groups is 1. The van der Waals surface area contributed by atoms with E-state index >= 15 is 0 Å². The Bertz CT molecular complexity index is 283. The van der Waals surface area contributed by atoms with Crippen molar-refractivity contribution in [2.75, 3.05) is 5.32 Å². The Balaban J connectivity index is 2.64. The predicted molar refractivity (Wildman–Crippen MR) is 47.2 cm³/mol. The fraction of sp³-hybridized carbons (Fsp3) is 0.429. The maximum Gasteiger partial charge on any atom is 0.253 e. The Morgan fingerprint density at radius 1 is 1.83 bits per heavy atom. The summed E-state index contributed by atoms with van der Waals surface area (Å²) in [5, 5.41) is 12.1. The van der Waals surface area contributed by atoms with Crippen LogP contribution in [-0.2, 0) is 4.79 Å². The molecule has 0 radical (unpaired) electrons. The lowest BCUT2D eigenvalue weighted by molar-refractivity contribution is -0.123. The van der Waals surface area contributed by atoms with Crippen LogP contribution in [0.5, 0.6) is 0 Å². The highest BCUT2D eigenvalue weighted by atomic mass is 32.1. The number of anilines is 1. The number of aromatic nitrogens is 1. The second-order valence-electron chi connectivity index (χ2n) is 2.43. The maximum absolute atomic E-state index is 11.0. The summed E-state index contributed by atoms with van der Waals surface area (Å²) < 4.78 is 0. The molecule has 12 heavy (non-hydrogen) atoms. The fourth-order valence-electron chi connectivity index (χ4n) is 0.638. The van der Waals surface area contributed by atoms with Crippen molar-refractivity contribution in [2.24, 2.45) is 0 Å².